The van der Waals surface area contributed by atoms with E-state index in [2.05, 4.69) is 10.2 Å². The average molecular weight is 395 g/mol. The van der Waals surface area contributed by atoms with Gasteiger partial charge in [0.2, 0.25) is 5.91 Å². The molecule has 1 unspecified atom stereocenters. The smallest absolute Gasteiger partial charge is 0.369 e. The van der Waals surface area contributed by atoms with Gasteiger partial charge in [0.25, 0.3) is 0 Å². The number of alkyl halides is 3. The topological polar surface area (TPSA) is 35.6 Å². The quantitative estimate of drug-likeness (QED) is 0.847. The van der Waals surface area contributed by atoms with Gasteiger partial charge in [0.15, 0.2) is 0 Å². The summed E-state index contributed by atoms with van der Waals surface area (Å²) in [6.07, 6.45) is 1.28. The summed E-state index contributed by atoms with van der Waals surface area (Å²) in [7, 11) is 0. The summed E-state index contributed by atoms with van der Waals surface area (Å²) in [6.45, 7) is 3.95. The molecule has 1 N–H and O–H groups in total. The molecule has 0 bridgehead atoms. The van der Waals surface area contributed by atoms with E-state index < -0.39 is 11.7 Å². The maximum Gasteiger partial charge on any atom is 0.416 e. The van der Waals surface area contributed by atoms with E-state index in [0.717, 1.165) is 45.0 Å². The first-order valence-corrected chi connectivity index (χ1v) is 10.4. The van der Waals surface area contributed by atoms with Crippen molar-refractivity contribution in [1.29, 1.82) is 0 Å². The molecule has 1 amide bonds. The van der Waals surface area contributed by atoms with E-state index in [1.54, 1.807) is 6.07 Å². The van der Waals surface area contributed by atoms with E-state index in [1.807, 2.05) is 4.90 Å². The van der Waals surface area contributed by atoms with Gasteiger partial charge < -0.3 is 10.2 Å². The highest BCUT2D eigenvalue weighted by Crippen LogP contribution is 2.37. The standard InChI is InChI=1S/C21H28F3N3O/c22-21(23,24)15-4-3-5-16(14-15)27-12-10-26(11-13-27)9-8-18-17-6-1-2-7-19(17)25-20(18)28/h3-5,14,17-19H,1-2,6-13H2,(H,25,28)/t17-,18?,19+/m0/s1. The van der Waals surface area contributed by atoms with Crippen LogP contribution in [-0.2, 0) is 11.0 Å². The monoisotopic (exact) mass is 395 g/mol. The molecule has 2 heterocycles. The number of piperazine rings is 1. The molecule has 2 saturated heterocycles. The van der Waals surface area contributed by atoms with Crippen molar-refractivity contribution < 1.29 is 18.0 Å². The zero-order valence-corrected chi connectivity index (χ0v) is 16.0. The predicted octanol–water partition coefficient (Wildman–Crippen LogP) is 3.52. The van der Waals surface area contributed by atoms with Gasteiger partial charge in [0, 0.05) is 43.8 Å². The molecule has 3 atom stereocenters. The fourth-order valence-electron chi connectivity index (χ4n) is 5.08. The maximum absolute atomic E-state index is 12.9. The van der Waals surface area contributed by atoms with Crippen LogP contribution in [0.3, 0.4) is 0 Å². The second-order valence-corrected chi connectivity index (χ2v) is 8.34. The first-order chi connectivity index (χ1) is 13.4. The molecule has 0 aromatic heterocycles. The number of fused-ring (bicyclic) bond motifs is 1. The average Bonchev–Trinajstić information content (AvgIpc) is 3.01. The number of benzene rings is 1. The number of nitrogens with one attached hydrogen (secondary N) is 1. The lowest BCUT2D eigenvalue weighted by Gasteiger charge is -2.37. The molecule has 1 aromatic rings. The number of hydrogen-bond acceptors (Lipinski definition) is 3. The summed E-state index contributed by atoms with van der Waals surface area (Å²) in [6, 6.07) is 5.96. The Labute approximate surface area is 164 Å². The molecule has 1 saturated carbocycles. The van der Waals surface area contributed by atoms with Gasteiger partial charge in [-0.1, -0.05) is 18.9 Å². The van der Waals surface area contributed by atoms with Crippen LogP contribution in [0.2, 0.25) is 0 Å². The fraction of sp³-hybridized carbons (Fsp3) is 0.667. The number of hydrogen-bond donors (Lipinski definition) is 1. The molecule has 1 aliphatic carbocycles. The lowest BCUT2D eigenvalue weighted by Crippen LogP contribution is -2.47. The van der Waals surface area contributed by atoms with E-state index in [0.29, 0.717) is 30.7 Å². The van der Waals surface area contributed by atoms with Gasteiger partial charge in [-0.3, -0.25) is 9.69 Å². The Hall–Kier alpha value is -1.76. The van der Waals surface area contributed by atoms with Crippen LogP contribution in [0.1, 0.15) is 37.7 Å². The van der Waals surface area contributed by atoms with Crippen molar-refractivity contribution in [2.75, 3.05) is 37.6 Å². The summed E-state index contributed by atoms with van der Waals surface area (Å²) in [4.78, 5) is 16.7. The zero-order chi connectivity index (χ0) is 19.7. The van der Waals surface area contributed by atoms with Crippen LogP contribution < -0.4 is 10.2 Å². The molecule has 154 valence electrons. The lowest BCUT2D eigenvalue weighted by molar-refractivity contribution is -0.137. The van der Waals surface area contributed by atoms with Gasteiger partial charge in [-0.15, -0.1) is 0 Å². The summed E-state index contributed by atoms with van der Waals surface area (Å²) in [5, 5.41) is 3.18. The minimum Gasteiger partial charge on any atom is -0.369 e. The van der Waals surface area contributed by atoms with Crippen LogP contribution in [0.5, 0.6) is 0 Å². The maximum atomic E-state index is 12.9. The molecular weight excluding hydrogens is 367 g/mol. The third-order valence-electron chi connectivity index (χ3n) is 6.67. The highest BCUT2D eigenvalue weighted by molar-refractivity contribution is 5.81. The van der Waals surface area contributed by atoms with Crippen LogP contribution in [0.4, 0.5) is 18.9 Å². The lowest BCUT2D eigenvalue weighted by atomic mass is 9.78. The molecule has 7 heteroatoms. The molecule has 3 aliphatic rings. The molecule has 4 nitrogen and oxygen atoms in total. The number of halogens is 3. The number of amides is 1. The Morgan fingerprint density at radius 1 is 1.07 bits per heavy atom. The Kier molecular flexibility index (Phi) is 5.54. The van der Waals surface area contributed by atoms with E-state index in [9.17, 15) is 18.0 Å². The van der Waals surface area contributed by atoms with E-state index in [4.69, 9.17) is 0 Å². The SMILES string of the molecule is O=C1N[C@@H]2CCCC[C@H]2C1CCN1CCN(c2cccc(C(F)(F)F)c2)CC1. The summed E-state index contributed by atoms with van der Waals surface area (Å²) >= 11 is 0. The van der Waals surface area contributed by atoms with Gasteiger partial charge in [-0.25, -0.2) is 0 Å². The third-order valence-corrected chi connectivity index (χ3v) is 6.67. The van der Waals surface area contributed by atoms with E-state index in [1.165, 1.54) is 25.0 Å². The molecule has 4 rings (SSSR count). The predicted molar refractivity (Wildman–Crippen MR) is 102 cm³/mol. The van der Waals surface area contributed by atoms with Crippen LogP contribution in [-0.4, -0.2) is 49.6 Å². The molecule has 0 radical (unpaired) electrons. The zero-order valence-electron chi connectivity index (χ0n) is 16.0. The van der Waals surface area contributed by atoms with Crippen molar-refractivity contribution in [3.63, 3.8) is 0 Å². The van der Waals surface area contributed by atoms with E-state index >= 15 is 0 Å². The van der Waals surface area contributed by atoms with Crippen LogP contribution in [0.15, 0.2) is 24.3 Å². The Balaban J connectivity index is 1.28. The van der Waals surface area contributed by atoms with Gasteiger partial charge in [-0.2, -0.15) is 13.2 Å². The largest absolute Gasteiger partial charge is 0.416 e. The van der Waals surface area contributed by atoms with E-state index in [-0.39, 0.29) is 11.8 Å². The fourth-order valence-corrected chi connectivity index (χ4v) is 5.08. The van der Waals surface area contributed by atoms with Gasteiger partial charge >= 0.3 is 6.18 Å². The van der Waals surface area contributed by atoms with Gasteiger partial charge in [-0.05, 0) is 49.9 Å². The summed E-state index contributed by atoms with van der Waals surface area (Å²) in [5.74, 6) is 0.846. The number of carbonyl (C=O) groups excluding carboxylic acids is 1. The van der Waals surface area contributed by atoms with Crippen molar-refractivity contribution in [1.82, 2.24) is 10.2 Å². The number of carbonyl (C=O) groups is 1. The van der Waals surface area contributed by atoms with Crippen molar-refractivity contribution in [3.8, 4) is 0 Å². The Morgan fingerprint density at radius 2 is 1.82 bits per heavy atom. The van der Waals surface area contributed by atoms with Crippen LogP contribution in [0.25, 0.3) is 0 Å². The minimum atomic E-state index is -4.31. The van der Waals surface area contributed by atoms with Gasteiger partial charge in [0.05, 0.1) is 5.56 Å². The number of rotatable bonds is 4. The minimum absolute atomic E-state index is 0.131. The third kappa shape index (κ3) is 4.14. The highest BCUT2D eigenvalue weighted by atomic mass is 19.4. The first kappa shape index (κ1) is 19.6. The molecule has 0 spiro atoms. The number of anilines is 1. The Morgan fingerprint density at radius 3 is 2.57 bits per heavy atom. The van der Waals surface area contributed by atoms with Crippen LogP contribution in [0, 0.1) is 11.8 Å². The molecular formula is C21H28F3N3O. The molecule has 2 aliphatic heterocycles. The van der Waals surface area contributed by atoms with Gasteiger partial charge in [0.1, 0.15) is 0 Å². The molecule has 3 fully saturated rings. The first-order valence-electron chi connectivity index (χ1n) is 10.4. The molecule has 1 aromatic carbocycles. The van der Waals surface area contributed by atoms with Crippen LogP contribution >= 0.6 is 0 Å². The van der Waals surface area contributed by atoms with Crippen molar-refractivity contribution in [2.24, 2.45) is 11.8 Å². The van der Waals surface area contributed by atoms with Crippen molar-refractivity contribution in [2.45, 2.75) is 44.3 Å². The molecule has 28 heavy (non-hydrogen) atoms. The number of nitrogens with zero attached hydrogens (tertiary/aromatic N) is 2. The second-order valence-electron chi connectivity index (χ2n) is 8.34. The summed E-state index contributed by atoms with van der Waals surface area (Å²) < 4.78 is 38.8. The Bertz CT molecular complexity index is 700. The second kappa shape index (κ2) is 7.93. The normalized spacial score (nSPS) is 28.9. The summed E-state index contributed by atoms with van der Waals surface area (Å²) in [5.41, 5.74) is 0.0383. The van der Waals surface area contributed by atoms with Crippen molar-refractivity contribution in [3.05, 3.63) is 29.8 Å². The van der Waals surface area contributed by atoms with Crippen molar-refractivity contribution >= 4 is 11.6 Å². The highest BCUT2D eigenvalue weighted by Gasteiger charge is 2.42.